The monoisotopic (exact) mass is 544 g/mol. The summed E-state index contributed by atoms with van der Waals surface area (Å²) in [6.45, 7) is 6.25. The van der Waals surface area contributed by atoms with Gasteiger partial charge in [0.1, 0.15) is 11.4 Å². The maximum Gasteiger partial charge on any atom is 0.309 e. The largest absolute Gasteiger partial charge is 0.457 e. The lowest BCUT2D eigenvalue weighted by atomic mass is 9.44. The van der Waals surface area contributed by atoms with E-state index in [2.05, 4.69) is 0 Å². The molecule has 0 spiro atoms. The molecule has 39 heavy (non-hydrogen) atoms. The van der Waals surface area contributed by atoms with Gasteiger partial charge in [0, 0.05) is 22.7 Å². The number of hydrogen-bond acceptors (Lipinski definition) is 7. The van der Waals surface area contributed by atoms with E-state index in [0.29, 0.717) is 50.5 Å². The zero-order chi connectivity index (χ0) is 28.5. The predicted molar refractivity (Wildman–Crippen MR) is 140 cm³/mol. The van der Waals surface area contributed by atoms with E-state index in [1.165, 1.54) is 12.2 Å². The van der Waals surface area contributed by atoms with Crippen LogP contribution in [0.1, 0.15) is 79.1 Å². The number of carbonyl (C=O) groups excluding carboxylic acids is 4. The van der Waals surface area contributed by atoms with Gasteiger partial charge in [-0.2, -0.15) is 0 Å². The average Bonchev–Trinajstić information content (AvgIpc) is 3.09. The minimum absolute atomic E-state index is 0.0360. The Kier molecular flexibility index (Phi) is 6.86. The molecule has 5 aliphatic rings. The molecule has 4 fully saturated rings. The first-order chi connectivity index (χ1) is 18.2. The van der Waals surface area contributed by atoms with Gasteiger partial charge in [-0.15, -0.1) is 0 Å². The Morgan fingerprint density at radius 3 is 2.36 bits per heavy atom. The van der Waals surface area contributed by atoms with Crippen LogP contribution in [0, 0.1) is 40.4 Å². The van der Waals surface area contributed by atoms with E-state index in [1.54, 1.807) is 33.8 Å². The molecule has 0 saturated heterocycles. The number of aliphatic hydroxyl groups is 2. The van der Waals surface area contributed by atoms with Crippen molar-refractivity contribution in [1.82, 2.24) is 0 Å². The Bertz CT molecular complexity index is 1150. The van der Waals surface area contributed by atoms with E-state index < -0.39 is 58.4 Å². The number of fused-ring (bicyclic) bond motifs is 5. The van der Waals surface area contributed by atoms with Crippen LogP contribution in [0.2, 0.25) is 0 Å². The summed E-state index contributed by atoms with van der Waals surface area (Å²) in [4.78, 5) is 50.0. The topological polar surface area (TPSA) is 118 Å². The summed E-state index contributed by atoms with van der Waals surface area (Å²) >= 11 is 0. The number of esters is 1. The first kappa shape index (κ1) is 28.3. The third kappa shape index (κ3) is 3.87. The minimum Gasteiger partial charge on any atom is -0.457 e. The van der Waals surface area contributed by atoms with E-state index in [9.17, 15) is 29.4 Å². The first-order valence-corrected chi connectivity index (χ1v) is 14.4. The third-order valence-electron chi connectivity index (χ3n) is 11.6. The summed E-state index contributed by atoms with van der Waals surface area (Å²) < 4.78 is 22.7. The number of ether oxygens (including phenoxy) is 1. The van der Waals surface area contributed by atoms with Crippen molar-refractivity contribution in [1.29, 1.82) is 0 Å². The van der Waals surface area contributed by atoms with Crippen LogP contribution in [0.5, 0.6) is 0 Å². The van der Waals surface area contributed by atoms with Crippen LogP contribution < -0.4 is 0 Å². The molecule has 8 heteroatoms. The highest BCUT2D eigenvalue weighted by molar-refractivity contribution is 6.01. The number of aliphatic hydroxyl groups excluding tert-OH is 1. The molecule has 0 aromatic heterocycles. The van der Waals surface area contributed by atoms with Gasteiger partial charge in [0.05, 0.1) is 12.0 Å². The average molecular weight is 545 g/mol. The Hall–Kier alpha value is -2.19. The summed E-state index contributed by atoms with van der Waals surface area (Å²) in [7, 11) is 0. The second-order valence-corrected chi connectivity index (χ2v) is 13.4. The van der Waals surface area contributed by atoms with Gasteiger partial charge in [-0.25, -0.2) is 4.39 Å². The second kappa shape index (κ2) is 9.44. The fourth-order valence-corrected chi connectivity index (χ4v) is 9.24. The molecule has 0 amide bonds. The Labute approximate surface area is 229 Å². The first-order valence-electron chi connectivity index (χ1n) is 14.4. The molecule has 0 bridgehead atoms. The molecule has 5 aliphatic carbocycles. The lowest BCUT2D eigenvalue weighted by Crippen LogP contribution is -2.69. The Morgan fingerprint density at radius 2 is 1.72 bits per heavy atom. The van der Waals surface area contributed by atoms with Gasteiger partial charge in [0.15, 0.2) is 18.1 Å². The van der Waals surface area contributed by atoms with Gasteiger partial charge < -0.3 is 14.9 Å². The summed E-state index contributed by atoms with van der Waals surface area (Å²) in [6, 6.07) is 0. The van der Waals surface area contributed by atoms with Crippen LogP contribution in [0.3, 0.4) is 0 Å². The highest BCUT2D eigenvalue weighted by Crippen LogP contribution is 2.70. The fraction of sp³-hybridized carbons (Fsp3) is 0.742. The van der Waals surface area contributed by atoms with E-state index in [-0.39, 0.29) is 35.7 Å². The highest BCUT2D eigenvalue weighted by Gasteiger charge is 2.75. The van der Waals surface area contributed by atoms with Crippen LogP contribution >= 0.6 is 0 Å². The number of halogens is 1. The molecular formula is C31H41FO7. The van der Waals surface area contributed by atoms with Crippen molar-refractivity contribution < 1.29 is 38.5 Å². The minimum atomic E-state index is -2.04. The number of hydrogen-bond donors (Lipinski definition) is 2. The molecule has 7 nitrogen and oxygen atoms in total. The molecular weight excluding hydrogens is 503 g/mol. The van der Waals surface area contributed by atoms with Gasteiger partial charge in [-0.3, -0.25) is 19.2 Å². The van der Waals surface area contributed by atoms with E-state index in [4.69, 9.17) is 4.74 Å². The fourth-order valence-electron chi connectivity index (χ4n) is 9.24. The molecule has 0 unspecified atom stereocenters. The maximum atomic E-state index is 17.3. The lowest BCUT2D eigenvalue weighted by molar-refractivity contribution is -0.220. The lowest BCUT2D eigenvalue weighted by Gasteiger charge is -2.62. The van der Waals surface area contributed by atoms with Gasteiger partial charge in [0.25, 0.3) is 0 Å². The summed E-state index contributed by atoms with van der Waals surface area (Å²) in [6.07, 6.45) is 6.47. The van der Waals surface area contributed by atoms with Crippen LogP contribution in [0.15, 0.2) is 23.8 Å². The zero-order valence-electron chi connectivity index (χ0n) is 23.4. The van der Waals surface area contributed by atoms with E-state index in [1.807, 2.05) is 0 Å². The van der Waals surface area contributed by atoms with Gasteiger partial charge in [0.2, 0.25) is 5.78 Å². The smallest absolute Gasteiger partial charge is 0.309 e. The van der Waals surface area contributed by atoms with Crippen molar-refractivity contribution in [2.24, 2.45) is 40.4 Å². The molecule has 0 aliphatic heterocycles. The van der Waals surface area contributed by atoms with Crippen molar-refractivity contribution in [2.45, 2.75) is 96.4 Å². The van der Waals surface area contributed by atoms with Crippen molar-refractivity contribution in [3.63, 3.8) is 0 Å². The number of Topliss-reactive ketones (excluding diaryl/α,β-unsaturated/α-hetero) is 2. The van der Waals surface area contributed by atoms with E-state index in [0.717, 1.165) is 0 Å². The SMILES string of the molecule is CC(=O)C1CCC(C(=O)OCC(=O)[C@@]2(O)[C@H](C)C[C@H]3[C@@H]4CCC5=CC(=O)C=C[C@]5(C)[C@@]4(F)[C@@H](O)C[C@@]32C)CC1. The zero-order valence-corrected chi connectivity index (χ0v) is 23.4. The van der Waals surface area contributed by atoms with Gasteiger partial charge >= 0.3 is 5.97 Å². The molecule has 214 valence electrons. The van der Waals surface area contributed by atoms with Crippen LogP contribution in [-0.4, -0.2) is 57.5 Å². The standard InChI is InChI=1S/C31H41FO7/c1-17-13-24-23-10-9-21-14-22(34)11-12-28(21,3)30(23,32)25(35)15-29(24,4)31(17,38)26(36)16-39-27(37)20-7-5-19(6-8-20)18(2)33/h11-12,14,17,19-20,23-25,35,38H,5-10,13,15-16H2,1-4H3/t17-,19?,20?,23+,24+,25+,28+,29+,30+,31+/m1/s1. The summed E-state index contributed by atoms with van der Waals surface area (Å²) in [5, 5.41) is 23.5. The number of alkyl halides is 1. The molecule has 0 aromatic carbocycles. The number of rotatable bonds is 5. The molecule has 0 aromatic rings. The Morgan fingerprint density at radius 1 is 1.08 bits per heavy atom. The van der Waals surface area contributed by atoms with Crippen molar-refractivity contribution in [3.05, 3.63) is 23.8 Å². The van der Waals surface area contributed by atoms with E-state index >= 15 is 4.39 Å². The highest BCUT2D eigenvalue weighted by atomic mass is 19.1. The molecule has 4 saturated carbocycles. The normalized spacial score (nSPS) is 46.9. The molecule has 5 rings (SSSR count). The molecule has 2 N–H and O–H groups in total. The summed E-state index contributed by atoms with van der Waals surface area (Å²) in [5.41, 5.74) is -5.51. The maximum absolute atomic E-state index is 17.3. The Balaban J connectivity index is 1.35. The van der Waals surface area contributed by atoms with Crippen LogP contribution in [0.25, 0.3) is 0 Å². The predicted octanol–water partition coefficient (Wildman–Crippen LogP) is 3.84. The third-order valence-corrected chi connectivity index (χ3v) is 11.6. The quantitative estimate of drug-likeness (QED) is 0.505. The van der Waals surface area contributed by atoms with Gasteiger partial charge in [-0.1, -0.05) is 25.5 Å². The summed E-state index contributed by atoms with van der Waals surface area (Å²) in [5.74, 6) is -3.10. The van der Waals surface area contributed by atoms with Crippen molar-refractivity contribution in [3.8, 4) is 0 Å². The van der Waals surface area contributed by atoms with Crippen LogP contribution in [-0.2, 0) is 23.9 Å². The van der Waals surface area contributed by atoms with Crippen molar-refractivity contribution in [2.75, 3.05) is 6.61 Å². The molecule has 0 heterocycles. The van der Waals surface area contributed by atoms with Crippen molar-refractivity contribution >= 4 is 23.3 Å². The number of ketones is 3. The van der Waals surface area contributed by atoms with Gasteiger partial charge in [-0.05, 0) is 89.2 Å². The number of allylic oxidation sites excluding steroid dienone is 4. The number of carbonyl (C=O) groups is 4. The molecule has 0 radical (unpaired) electrons. The molecule has 8 atom stereocenters. The van der Waals surface area contributed by atoms with Crippen LogP contribution in [0.4, 0.5) is 4.39 Å². The second-order valence-electron chi connectivity index (χ2n) is 13.4.